The molecule has 0 spiro atoms. The van der Waals surface area contributed by atoms with Crippen LogP contribution in [-0.2, 0) is 6.42 Å². The van der Waals surface area contributed by atoms with Gasteiger partial charge in [0.15, 0.2) is 0 Å². The summed E-state index contributed by atoms with van der Waals surface area (Å²) in [5.41, 5.74) is 4.13. The topological polar surface area (TPSA) is 12.0 Å². The average molecular weight is 352 g/mol. The summed E-state index contributed by atoms with van der Waals surface area (Å²) in [5, 5.41) is 5.84. The Morgan fingerprint density at radius 2 is 2.00 bits per heavy atom. The summed E-state index contributed by atoms with van der Waals surface area (Å²) in [5.74, 6) is 0. The third-order valence-corrected chi connectivity index (χ3v) is 5.32. The second kappa shape index (κ2) is 7.39. The van der Waals surface area contributed by atoms with Gasteiger partial charge in [0.25, 0.3) is 0 Å². The molecule has 2 aromatic rings. The van der Waals surface area contributed by atoms with Gasteiger partial charge in [0.05, 0.1) is 0 Å². The van der Waals surface area contributed by atoms with E-state index in [-0.39, 0.29) is 0 Å². The Hall–Kier alpha value is -0.640. The van der Waals surface area contributed by atoms with Gasteiger partial charge < -0.3 is 5.32 Å². The minimum atomic E-state index is 0.403. The monoisotopic (exact) mass is 351 g/mol. The highest BCUT2D eigenvalue weighted by Gasteiger charge is 2.13. The molecule has 0 radical (unpaired) electrons. The Kier molecular flexibility index (Phi) is 5.82. The largest absolute Gasteiger partial charge is 0.310 e. The van der Waals surface area contributed by atoms with Crippen LogP contribution >= 0.6 is 27.3 Å². The molecule has 0 amide bonds. The smallest absolute Gasteiger partial charge is 0.0368 e. The first kappa shape index (κ1) is 15.7. The molecule has 0 saturated heterocycles. The van der Waals surface area contributed by atoms with Crippen LogP contribution in [0.3, 0.4) is 0 Å². The molecule has 1 nitrogen and oxygen atoms in total. The Labute approximate surface area is 134 Å². The number of halogens is 1. The van der Waals surface area contributed by atoms with Crippen molar-refractivity contribution in [2.24, 2.45) is 0 Å². The molecule has 2 rings (SSSR count). The fourth-order valence-corrected chi connectivity index (χ4v) is 3.77. The molecule has 1 atom stereocenters. The normalized spacial score (nSPS) is 12.6. The van der Waals surface area contributed by atoms with E-state index < -0.39 is 0 Å². The van der Waals surface area contributed by atoms with Crippen molar-refractivity contribution >= 4 is 27.3 Å². The van der Waals surface area contributed by atoms with Crippen molar-refractivity contribution in [2.45, 2.75) is 39.7 Å². The first-order valence-corrected chi connectivity index (χ1v) is 8.81. The first-order chi connectivity index (χ1) is 9.60. The molecule has 1 heterocycles. The summed E-state index contributed by atoms with van der Waals surface area (Å²) >= 11 is 5.37. The Morgan fingerprint density at radius 3 is 2.60 bits per heavy atom. The van der Waals surface area contributed by atoms with Crippen molar-refractivity contribution in [2.75, 3.05) is 6.54 Å². The first-order valence-electron chi connectivity index (χ1n) is 7.13. The number of nitrogens with one attached hydrogen (secondary N) is 1. The molecule has 1 aromatic heterocycles. The minimum Gasteiger partial charge on any atom is -0.310 e. The van der Waals surface area contributed by atoms with Crippen LogP contribution in [-0.4, -0.2) is 6.54 Å². The molecule has 3 heteroatoms. The van der Waals surface area contributed by atoms with E-state index in [0.29, 0.717) is 6.04 Å². The highest BCUT2D eigenvalue weighted by molar-refractivity contribution is 9.10. The van der Waals surface area contributed by atoms with Gasteiger partial charge in [-0.3, -0.25) is 0 Å². The third kappa shape index (κ3) is 4.18. The second-order valence-corrected chi connectivity index (χ2v) is 7.20. The lowest BCUT2D eigenvalue weighted by Gasteiger charge is -2.19. The number of thiophene rings is 1. The van der Waals surface area contributed by atoms with Crippen LogP contribution in [0.2, 0.25) is 0 Å². The molecule has 0 saturated carbocycles. The highest BCUT2D eigenvalue weighted by Crippen LogP contribution is 2.26. The highest BCUT2D eigenvalue weighted by atomic mass is 79.9. The van der Waals surface area contributed by atoms with Crippen molar-refractivity contribution in [3.05, 3.63) is 55.7 Å². The molecule has 0 aliphatic carbocycles. The van der Waals surface area contributed by atoms with Gasteiger partial charge in [0.1, 0.15) is 0 Å². The van der Waals surface area contributed by atoms with Crippen LogP contribution in [0.5, 0.6) is 0 Å². The van der Waals surface area contributed by atoms with E-state index in [9.17, 15) is 0 Å². The summed E-state index contributed by atoms with van der Waals surface area (Å²) < 4.78 is 1.19. The van der Waals surface area contributed by atoms with Crippen molar-refractivity contribution in [3.63, 3.8) is 0 Å². The molecular weight excluding hydrogens is 330 g/mol. The number of benzene rings is 1. The Bertz CT molecular complexity index is 562. The van der Waals surface area contributed by atoms with Crippen molar-refractivity contribution in [1.29, 1.82) is 0 Å². The molecule has 20 heavy (non-hydrogen) atoms. The SMILES string of the molecule is CCCNC(Cc1cc(Br)cs1)c1ccc(C)c(C)c1. The number of hydrogen-bond acceptors (Lipinski definition) is 2. The summed E-state index contributed by atoms with van der Waals surface area (Å²) in [7, 11) is 0. The van der Waals surface area contributed by atoms with E-state index in [1.54, 1.807) is 0 Å². The van der Waals surface area contributed by atoms with Gasteiger partial charge in [-0.1, -0.05) is 25.1 Å². The standard InChI is InChI=1S/C17H22BrNS/c1-4-7-19-17(10-16-9-15(18)11-20-16)14-6-5-12(2)13(3)8-14/h5-6,8-9,11,17,19H,4,7,10H2,1-3H3. The second-order valence-electron chi connectivity index (χ2n) is 5.29. The molecule has 0 aliphatic rings. The zero-order chi connectivity index (χ0) is 14.5. The lowest BCUT2D eigenvalue weighted by Crippen LogP contribution is -2.24. The Balaban J connectivity index is 2.19. The zero-order valence-corrected chi connectivity index (χ0v) is 14.8. The lowest BCUT2D eigenvalue weighted by molar-refractivity contribution is 0.532. The van der Waals surface area contributed by atoms with E-state index in [0.717, 1.165) is 19.4 Å². The maximum absolute atomic E-state index is 3.68. The van der Waals surface area contributed by atoms with Crippen molar-refractivity contribution in [3.8, 4) is 0 Å². The van der Waals surface area contributed by atoms with E-state index in [1.807, 2.05) is 11.3 Å². The molecular formula is C17H22BrNS. The predicted molar refractivity (Wildman–Crippen MR) is 92.7 cm³/mol. The Morgan fingerprint density at radius 1 is 1.20 bits per heavy atom. The van der Waals surface area contributed by atoms with E-state index in [2.05, 4.69) is 71.7 Å². The molecule has 0 fully saturated rings. The van der Waals surface area contributed by atoms with E-state index >= 15 is 0 Å². The molecule has 1 N–H and O–H groups in total. The van der Waals surface area contributed by atoms with Gasteiger partial charge in [-0.15, -0.1) is 11.3 Å². The van der Waals surface area contributed by atoms with Crippen molar-refractivity contribution in [1.82, 2.24) is 5.32 Å². The third-order valence-electron chi connectivity index (χ3n) is 3.60. The summed E-state index contributed by atoms with van der Waals surface area (Å²) in [6.45, 7) is 7.64. The summed E-state index contributed by atoms with van der Waals surface area (Å²) in [6.07, 6.45) is 2.22. The minimum absolute atomic E-state index is 0.403. The molecule has 1 unspecified atom stereocenters. The number of aryl methyl sites for hydroxylation is 2. The van der Waals surface area contributed by atoms with Crippen LogP contribution in [0.1, 0.15) is 41.0 Å². The molecule has 0 bridgehead atoms. The van der Waals surface area contributed by atoms with Gasteiger partial charge >= 0.3 is 0 Å². The van der Waals surface area contributed by atoms with E-state index in [4.69, 9.17) is 0 Å². The summed E-state index contributed by atoms with van der Waals surface area (Å²) in [4.78, 5) is 1.42. The lowest BCUT2D eigenvalue weighted by atomic mass is 9.98. The van der Waals surface area contributed by atoms with Crippen LogP contribution in [0, 0.1) is 13.8 Å². The van der Waals surface area contributed by atoms with Gasteiger partial charge in [0, 0.05) is 27.2 Å². The van der Waals surface area contributed by atoms with Crippen LogP contribution in [0.15, 0.2) is 34.1 Å². The van der Waals surface area contributed by atoms with Crippen LogP contribution < -0.4 is 5.32 Å². The van der Waals surface area contributed by atoms with Crippen molar-refractivity contribution < 1.29 is 0 Å². The van der Waals surface area contributed by atoms with Gasteiger partial charge in [-0.25, -0.2) is 0 Å². The van der Waals surface area contributed by atoms with Gasteiger partial charge in [0.2, 0.25) is 0 Å². The quantitative estimate of drug-likeness (QED) is 0.733. The maximum Gasteiger partial charge on any atom is 0.0368 e. The van der Waals surface area contributed by atoms with E-state index in [1.165, 1.54) is 26.0 Å². The molecule has 0 aliphatic heterocycles. The molecule has 1 aromatic carbocycles. The fraction of sp³-hybridized carbons (Fsp3) is 0.412. The van der Waals surface area contributed by atoms with Gasteiger partial charge in [-0.2, -0.15) is 0 Å². The zero-order valence-electron chi connectivity index (χ0n) is 12.4. The fourth-order valence-electron chi connectivity index (χ4n) is 2.27. The maximum atomic E-state index is 3.68. The number of rotatable bonds is 6. The van der Waals surface area contributed by atoms with Gasteiger partial charge in [-0.05, 0) is 65.5 Å². The van der Waals surface area contributed by atoms with Crippen LogP contribution in [0.4, 0.5) is 0 Å². The number of hydrogen-bond donors (Lipinski definition) is 1. The summed E-state index contributed by atoms with van der Waals surface area (Å²) in [6, 6.07) is 9.45. The van der Waals surface area contributed by atoms with Crippen LogP contribution in [0.25, 0.3) is 0 Å². The average Bonchev–Trinajstić information content (AvgIpc) is 2.83. The molecule has 108 valence electrons. The predicted octanol–water partition coefficient (Wildman–Crippen LogP) is 5.41.